The molecule has 0 bridgehead atoms. The van der Waals surface area contributed by atoms with Crippen LogP contribution in [0.2, 0.25) is 0 Å². The largest absolute Gasteiger partial charge is 0.368 e. The van der Waals surface area contributed by atoms with Crippen LogP contribution in [0, 0.1) is 0 Å². The summed E-state index contributed by atoms with van der Waals surface area (Å²) in [5, 5.41) is 3.49. The predicted molar refractivity (Wildman–Crippen MR) is 98.6 cm³/mol. The van der Waals surface area contributed by atoms with E-state index in [4.69, 9.17) is 0 Å². The summed E-state index contributed by atoms with van der Waals surface area (Å²) in [6.45, 7) is 10.0. The molecular weight excluding hydrogens is 308 g/mol. The standard InChI is InChI=1S/C16H28N6S/c1-14(21-5-3-20(2)4-6-21)12-17-15-11-16(19-13-18-15)22-7-9-23-10-8-22/h11,13-14H,3-10,12H2,1-2H3,(H,17,18,19). The molecule has 3 rings (SSSR count). The lowest BCUT2D eigenvalue weighted by molar-refractivity contribution is 0.123. The summed E-state index contributed by atoms with van der Waals surface area (Å²) in [4.78, 5) is 16.1. The Kier molecular flexibility index (Phi) is 5.96. The van der Waals surface area contributed by atoms with Gasteiger partial charge in [0.25, 0.3) is 0 Å². The number of thioether (sulfide) groups is 1. The van der Waals surface area contributed by atoms with Crippen LogP contribution < -0.4 is 10.2 Å². The summed E-state index contributed by atoms with van der Waals surface area (Å²) in [6.07, 6.45) is 1.68. The third kappa shape index (κ3) is 4.71. The number of piperazine rings is 1. The highest BCUT2D eigenvalue weighted by molar-refractivity contribution is 7.99. The lowest BCUT2D eigenvalue weighted by Gasteiger charge is -2.36. The van der Waals surface area contributed by atoms with Crippen molar-refractivity contribution in [1.29, 1.82) is 0 Å². The van der Waals surface area contributed by atoms with Crippen LogP contribution in [0.1, 0.15) is 6.92 Å². The third-order valence-electron chi connectivity index (χ3n) is 4.73. The fraction of sp³-hybridized carbons (Fsp3) is 0.750. The van der Waals surface area contributed by atoms with Crippen LogP contribution in [0.15, 0.2) is 12.4 Å². The van der Waals surface area contributed by atoms with Crippen LogP contribution in [0.4, 0.5) is 11.6 Å². The van der Waals surface area contributed by atoms with Crippen LogP contribution in [0.5, 0.6) is 0 Å². The van der Waals surface area contributed by atoms with E-state index in [-0.39, 0.29) is 0 Å². The van der Waals surface area contributed by atoms with Gasteiger partial charge in [-0.05, 0) is 14.0 Å². The highest BCUT2D eigenvalue weighted by atomic mass is 32.2. The minimum atomic E-state index is 0.522. The fourth-order valence-electron chi connectivity index (χ4n) is 3.05. The number of rotatable bonds is 5. The number of aromatic nitrogens is 2. The first-order valence-corrected chi connectivity index (χ1v) is 9.69. The van der Waals surface area contributed by atoms with Crippen molar-refractivity contribution in [1.82, 2.24) is 19.8 Å². The van der Waals surface area contributed by atoms with Crippen molar-refractivity contribution in [2.24, 2.45) is 0 Å². The Hall–Kier alpha value is -1.05. The molecular formula is C16H28N6S. The summed E-state index contributed by atoms with van der Waals surface area (Å²) in [6, 6.07) is 2.61. The highest BCUT2D eigenvalue weighted by Gasteiger charge is 2.19. The maximum Gasteiger partial charge on any atom is 0.134 e. The Morgan fingerprint density at radius 1 is 1.13 bits per heavy atom. The molecule has 2 aliphatic heterocycles. The van der Waals surface area contributed by atoms with Crippen molar-refractivity contribution in [2.75, 3.05) is 74.6 Å². The average molecular weight is 337 g/mol. The first kappa shape index (κ1) is 16.8. The number of hydrogen-bond acceptors (Lipinski definition) is 7. The van der Waals surface area contributed by atoms with E-state index in [0.29, 0.717) is 6.04 Å². The van der Waals surface area contributed by atoms with Crippen LogP contribution in [-0.2, 0) is 0 Å². The topological polar surface area (TPSA) is 47.5 Å². The van der Waals surface area contributed by atoms with E-state index in [0.717, 1.165) is 57.4 Å². The molecule has 1 aromatic heterocycles. The number of anilines is 2. The molecule has 0 spiro atoms. The maximum absolute atomic E-state index is 4.44. The second-order valence-corrected chi connectivity index (χ2v) is 7.65. The van der Waals surface area contributed by atoms with E-state index in [2.05, 4.69) is 50.0 Å². The molecule has 2 aliphatic rings. The second kappa shape index (κ2) is 8.17. The highest BCUT2D eigenvalue weighted by Crippen LogP contribution is 2.19. The molecule has 0 aromatic carbocycles. The lowest BCUT2D eigenvalue weighted by atomic mass is 10.2. The number of likely N-dealkylation sites (N-methyl/N-ethyl adjacent to an activating group) is 1. The van der Waals surface area contributed by atoms with Gasteiger partial charge in [-0.1, -0.05) is 0 Å². The number of nitrogens with zero attached hydrogens (tertiary/aromatic N) is 5. The van der Waals surface area contributed by atoms with Gasteiger partial charge in [0, 0.05) is 69.4 Å². The van der Waals surface area contributed by atoms with E-state index < -0.39 is 0 Å². The molecule has 1 unspecified atom stereocenters. The molecule has 2 fully saturated rings. The smallest absolute Gasteiger partial charge is 0.134 e. The zero-order valence-electron chi connectivity index (χ0n) is 14.2. The summed E-state index contributed by atoms with van der Waals surface area (Å²) in [7, 11) is 2.20. The van der Waals surface area contributed by atoms with Crippen molar-refractivity contribution in [3.05, 3.63) is 12.4 Å². The first-order valence-electron chi connectivity index (χ1n) is 8.53. The Balaban J connectivity index is 1.51. The SMILES string of the molecule is CC(CNc1cc(N2CCSCC2)ncn1)N1CCN(C)CC1. The van der Waals surface area contributed by atoms with Gasteiger partial charge < -0.3 is 15.1 Å². The van der Waals surface area contributed by atoms with E-state index in [1.54, 1.807) is 6.33 Å². The molecule has 0 saturated carbocycles. The van der Waals surface area contributed by atoms with Gasteiger partial charge in [0.05, 0.1) is 0 Å². The molecule has 1 N–H and O–H groups in total. The van der Waals surface area contributed by atoms with Crippen molar-refractivity contribution >= 4 is 23.4 Å². The van der Waals surface area contributed by atoms with Crippen LogP contribution in [0.3, 0.4) is 0 Å². The second-order valence-electron chi connectivity index (χ2n) is 6.43. The summed E-state index contributed by atoms with van der Waals surface area (Å²) < 4.78 is 0. The van der Waals surface area contributed by atoms with Gasteiger partial charge in [-0.3, -0.25) is 4.90 Å². The third-order valence-corrected chi connectivity index (χ3v) is 5.67. The molecule has 7 heteroatoms. The molecule has 0 radical (unpaired) electrons. The van der Waals surface area contributed by atoms with Crippen LogP contribution in [-0.4, -0.2) is 90.2 Å². The molecule has 23 heavy (non-hydrogen) atoms. The Bertz CT molecular complexity index is 485. The zero-order valence-corrected chi connectivity index (χ0v) is 15.1. The lowest BCUT2D eigenvalue weighted by Crippen LogP contribution is -2.49. The van der Waals surface area contributed by atoms with Crippen molar-refractivity contribution < 1.29 is 0 Å². The van der Waals surface area contributed by atoms with Gasteiger partial charge in [-0.2, -0.15) is 11.8 Å². The van der Waals surface area contributed by atoms with Crippen molar-refractivity contribution in [2.45, 2.75) is 13.0 Å². The summed E-state index contributed by atoms with van der Waals surface area (Å²) in [5.74, 6) is 4.37. The van der Waals surface area contributed by atoms with Crippen LogP contribution >= 0.6 is 11.8 Å². The van der Waals surface area contributed by atoms with Gasteiger partial charge in [0.1, 0.15) is 18.0 Å². The summed E-state index contributed by atoms with van der Waals surface area (Å²) >= 11 is 2.02. The zero-order chi connectivity index (χ0) is 16.1. The molecule has 6 nitrogen and oxygen atoms in total. The van der Waals surface area contributed by atoms with E-state index in [1.807, 2.05) is 11.8 Å². The average Bonchev–Trinajstić information content (AvgIpc) is 2.61. The van der Waals surface area contributed by atoms with Gasteiger partial charge in [0.15, 0.2) is 0 Å². The fourth-order valence-corrected chi connectivity index (χ4v) is 3.96. The molecule has 0 aliphatic carbocycles. The summed E-state index contributed by atoms with van der Waals surface area (Å²) in [5.41, 5.74) is 0. The monoisotopic (exact) mass is 336 g/mol. The molecule has 0 amide bonds. The Morgan fingerprint density at radius 2 is 1.87 bits per heavy atom. The van der Waals surface area contributed by atoms with Gasteiger partial charge in [0.2, 0.25) is 0 Å². The van der Waals surface area contributed by atoms with Crippen LogP contribution in [0.25, 0.3) is 0 Å². The maximum atomic E-state index is 4.44. The first-order chi connectivity index (χ1) is 11.2. The molecule has 128 valence electrons. The molecule has 1 atom stereocenters. The normalized spacial score (nSPS) is 22.1. The number of hydrogen-bond donors (Lipinski definition) is 1. The van der Waals surface area contributed by atoms with Gasteiger partial charge in [-0.15, -0.1) is 0 Å². The van der Waals surface area contributed by atoms with Crippen molar-refractivity contribution in [3.8, 4) is 0 Å². The predicted octanol–water partition coefficient (Wildman–Crippen LogP) is 1.08. The Morgan fingerprint density at radius 3 is 2.61 bits per heavy atom. The quantitative estimate of drug-likeness (QED) is 0.863. The molecule has 1 aromatic rings. The Labute approximate surface area is 143 Å². The minimum Gasteiger partial charge on any atom is -0.368 e. The number of nitrogens with one attached hydrogen (secondary N) is 1. The van der Waals surface area contributed by atoms with E-state index >= 15 is 0 Å². The van der Waals surface area contributed by atoms with E-state index in [1.165, 1.54) is 11.5 Å². The van der Waals surface area contributed by atoms with Gasteiger partial charge >= 0.3 is 0 Å². The van der Waals surface area contributed by atoms with Gasteiger partial charge in [-0.25, -0.2) is 9.97 Å². The minimum absolute atomic E-state index is 0.522. The van der Waals surface area contributed by atoms with E-state index in [9.17, 15) is 0 Å². The molecule has 3 heterocycles. The molecule has 2 saturated heterocycles. The van der Waals surface area contributed by atoms with Crippen molar-refractivity contribution in [3.63, 3.8) is 0 Å².